The number of carbonyl (C=O) groups excluding carboxylic acids is 4. The SMILES string of the molecule is COc1ccc(C(=O)N(NC(=O)c2cccnc2)C2CC(=O)N(c3cccc(C)c3)C2=O)cc1OC. The van der Waals surface area contributed by atoms with Crippen molar-refractivity contribution >= 4 is 29.3 Å². The molecule has 0 spiro atoms. The Morgan fingerprint density at radius 1 is 1.00 bits per heavy atom. The van der Waals surface area contributed by atoms with Gasteiger partial charge in [-0.25, -0.2) is 9.91 Å². The first-order valence-corrected chi connectivity index (χ1v) is 11.0. The summed E-state index contributed by atoms with van der Waals surface area (Å²) in [5.74, 6) is -1.80. The van der Waals surface area contributed by atoms with Crippen LogP contribution in [-0.4, -0.2) is 53.9 Å². The number of imide groups is 1. The average molecular weight is 489 g/mol. The Morgan fingerprint density at radius 2 is 1.78 bits per heavy atom. The molecule has 2 heterocycles. The number of hydrogen-bond acceptors (Lipinski definition) is 7. The highest BCUT2D eigenvalue weighted by Crippen LogP contribution is 2.30. The average Bonchev–Trinajstić information content (AvgIpc) is 3.19. The Bertz CT molecular complexity index is 1330. The van der Waals surface area contributed by atoms with Gasteiger partial charge in [-0.1, -0.05) is 12.1 Å². The first-order valence-electron chi connectivity index (χ1n) is 11.0. The van der Waals surface area contributed by atoms with E-state index in [-0.39, 0.29) is 23.3 Å². The smallest absolute Gasteiger partial charge is 0.273 e. The molecule has 4 amide bonds. The van der Waals surface area contributed by atoms with Crippen molar-refractivity contribution in [2.75, 3.05) is 19.1 Å². The monoisotopic (exact) mass is 488 g/mol. The minimum absolute atomic E-state index is 0.119. The number of nitrogens with zero attached hydrogens (tertiary/aromatic N) is 3. The molecule has 36 heavy (non-hydrogen) atoms. The molecule has 1 aliphatic rings. The van der Waals surface area contributed by atoms with E-state index in [1.807, 2.05) is 13.0 Å². The summed E-state index contributed by atoms with van der Waals surface area (Å²) < 4.78 is 10.5. The van der Waals surface area contributed by atoms with Crippen molar-refractivity contribution in [1.29, 1.82) is 0 Å². The second kappa shape index (κ2) is 10.3. The van der Waals surface area contributed by atoms with E-state index in [1.54, 1.807) is 24.3 Å². The highest BCUT2D eigenvalue weighted by molar-refractivity contribution is 6.23. The normalized spacial score (nSPS) is 15.0. The number of carbonyl (C=O) groups is 4. The van der Waals surface area contributed by atoms with Gasteiger partial charge in [0.15, 0.2) is 11.5 Å². The molecule has 1 N–H and O–H groups in total. The number of aryl methyl sites for hydroxylation is 1. The first-order chi connectivity index (χ1) is 17.3. The molecule has 2 aromatic carbocycles. The van der Waals surface area contributed by atoms with E-state index in [4.69, 9.17) is 9.47 Å². The van der Waals surface area contributed by atoms with Gasteiger partial charge in [-0.2, -0.15) is 0 Å². The molecule has 1 saturated heterocycles. The molecule has 184 valence electrons. The summed E-state index contributed by atoms with van der Waals surface area (Å²) in [5.41, 5.74) is 4.06. The summed E-state index contributed by atoms with van der Waals surface area (Å²) in [6.45, 7) is 1.84. The van der Waals surface area contributed by atoms with Crippen LogP contribution in [-0.2, 0) is 9.59 Å². The van der Waals surface area contributed by atoms with Crippen molar-refractivity contribution in [2.24, 2.45) is 0 Å². The van der Waals surface area contributed by atoms with Gasteiger partial charge in [0, 0.05) is 18.0 Å². The van der Waals surface area contributed by atoms with Gasteiger partial charge in [0.2, 0.25) is 5.91 Å². The maximum Gasteiger partial charge on any atom is 0.273 e. The second-order valence-corrected chi connectivity index (χ2v) is 8.05. The Balaban J connectivity index is 1.71. The number of amides is 4. The lowest BCUT2D eigenvalue weighted by atomic mass is 10.1. The molecule has 1 atom stereocenters. The maximum atomic E-state index is 13.6. The lowest BCUT2D eigenvalue weighted by molar-refractivity contribution is -0.122. The Kier molecular flexibility index (Phi) is 6.95. The summed E-state index contributed by atoms with van der Waals surface area (Å²) in [4.78, 5) is 57.9. The van der Waals surface area contributed by atoms with E-state index >= 15 is 0 Å². The molecule has 0 radical (unpaired) electrons. The molecule has 4 rings (SSSR count). The molecule has 1 fully saturated rings. The molecular weight excluding hydrogens is 464 g/mol. The van der Waals surface area contributed by atoms with Crippen LogP contribution in [0.1, 0.15) is 32.7 Å². The van der Waals surface area contributed by atoms with Crippen LogP contribution in [0.3, 0.4) is 0 Å². The number of hydrogen-bond donors (Lipinski definition) is 1. The zero-order valence-corrected chi connectivity index (χ0v) is 19.9. The van der Waals surface area contributed by atoms with Gasteiger partial charge < -0.3 is 9.47 Å². The molecular formula is C26H24N4O6. The minimum Gasteiger partial charge on any atom is -0.493 e. The van der Waals surface area contributed by atoms with Gasteiger partial charge in [-0.05, 0) is 55.0 Å². The van der Waals surface area contributed by atoms with Crippen LogP contribution < -0.4 is 19.8 Å². The second-order valence-electron chi connectivity index (χ2n) is 8.05. The van der Waals surface area contributed by atoms with Crippen molar-refractivity contribution in [1.82, 2.24) is 15.4 Å². The van der Waals surface area contributed by atoms with Gasteiger partial charge in [0.05, 0.1) is 31.9 Å². The first kappa shape index (κ1) is 24.4. The van der Waals surface area contributed by atoms with Crippen molar-refractivity contribution in [3.63, 3.8) is 0 Å². The summed E-state index contributed by atoms with van der Waals surface area (Å²) in [6.07, 6.45) is 2.52. The highest BCUT2D eigenvalue weighted by atomic mass is 16.5. The fourth-order valence-electron chi connectivity index (χ4n) is 3.91. The quantitative estimate of drug-likeness (QED) is 0.418. The van der Waals surface area contributed by atoms with Gasteiger partial charge in [0.1, 0.15) is 6.04 Å². The standard InChI is InChI=1S/C26H24N4O6/c1-16-6-4-8-19(12-16)29-23(31)14-20(26(29)34)30(28-24(32)18-7-5-11-27-15-18)25(33)17-9-10-21(35-2)22(13-17)36-3/h4-13,15,20H,14H2,1-3H3,(H,28,32). The largest absolute Gasteiger partial charge is 0.493 e. The van der Waals surface area contributed by atoms with Crippen LogP contribution >= 0.6 is 0 Å². The Hall–Kier alpha value is -4.73. The molecule has 0 bridgehead atoms. The molecule has 0 aliphatic carbocycles. The van der Waals surface area contributed by atoms with Gasteiger partial charge in [-0.15, -0.1) is 0 Å². The molecule has 0 saturated carbocycles. The lowest BCUT2D eigenvalue weighted by Crippen LogP contribution is -2.54. The third-order valence-corrected chi connectivity index (χ3v) is 5.69. The third-order valence-electron chi connectivity index (χ3n) is 5.69. The molecule has 1 unspecified atom stereocenters. The van der Waals surface area contributed by atoms with E-state index in [1.165, 1.54) is 50.9 Å². The number of ether oxygens (including phenoxy) is 2. The fourth-order valence-corrected chi connectivity index (χ4v) is 3.91. The zero-order chi connectivity index (χ0) is 25.8. The number of anilines is 1. The van der Waals surface area contributed by atoms with Crippen LogP contribution in [0, 0.1) is 6.92 Å². The Morgan fingerprint density at radius 3 is 2.44 bits per heavy atom. The number of pyridine rings is 1. The molecule has 3 aromatic rings. The number of benzene rings is 2. The minimum atomic E-state index is -1.26. The van der Waals surface area contributed by atoms with E-state index < -0.39 is 29.7 Å². The number of hydrazine groups is 1. The van der Waals surface area contributed by atoms with Gasteiger partial charge in [0.25, 0.3) is 17.7 Å². The molecule has 1 aliphatic heterocycles. The number of nitrogens with one attached hydrogen (secondary N) is 1. The van der Waals surface area contributed by atoms with Gasteiger partial charge in [-0.3, -0.25) is 29.6 Å². The topological polar surface area (TPSA) is 118 Å². The predicted molar refractivity (Wildman–Crippen MR) is 129 cm³/mol. The summed E-state index contributed by atoms with van der Waals surface area (Å²) >= 11 is 0. The van der Waals surface area contributed by atoms with E-state index in [9.17, 15) is 19.2 Å². The van der Waals surface area contributed by atoms with Crippen LogP contribution in [0.4, 0.5) is 5.69 Å². The van der Waals surface area contributed by atoms with Crippen LogP contribution in [0.25, 0.3) is 0 Å². The maximum absolute atomic E-state index is 13.6. The third kappa shape index (κ3) is 4.74. The summed E-state index contributed by atoms with van der Waals surface area (Å²) in [6, 6.07) is 13.2. The summed E-state index contributed by atoms with van der Waals surface area (Å²) in [5, 5.41) is 0.895. The highest BCUT2D eigenvalue weighted by Gasteiger charge is 2.45. The van der Waals surface area contributed by atoms with E-state index in [0.29, 0.717) is 11.4 Å². The van der Waals surface area contributed by atoms with Crippen molar-refractivity contribution in [3.8, 4) is 11.5 Å². The van der Waals surface area contributed by atoms with Crippen molar-refractivity contribution < 1.29 is 28.7 Å². The zero-order valence-electron chi connectivity index (χ0n) is 19.9. The van der Waals surface area contributed by atoms with E-state index in [2.05, 4.69) is 10.4 Å². The Labute approximate surface area is 207 Å². The van der Waals surface area contributed by atoms with Crippen LogP contribution in [0.15, 0.2) is 67.0 Å². The number of rotatable bonds is 6. The summed E-state index contributed by atoms with van der Waals surface area (Å²) in [7, 11) is 2.88. The van der Waals surface area contributed by atoms with Crippen molar-refractivity contribution in [2.45, 2.75) is 19.4 Å². The van der Waals surface area contributed by atoms with Gasteiger partial charge >= 0.3 is 0 Å². The van der Waals surface area contributed by atoms with E-state index in [0.717, 1.165) is 15.5 Å². The molecule has 10 heteroatoms. The van der Waals surface area contributed by atoms with Crippen molar-refractivity contribution in [3.05, 3.63) is 83.7 Å². The molecule has 1 aromatic heterocycles. The van der Waals surface area contributed by atoms with Crippen LogP contribution in [0.2, 0.25) is 0 Å². The predicted octanol–water partition coefficient (Wildman–Crippen LogP) is 2.53. The fraction of sp³-hybridized carbons (Fsp3) is 0.192. The lowest BCUT2D eigenvalue weighted by Gasteiger charge is -2.28. The number of aromatic nitrogens is 1. The number of methoxy groups -OCH3 is 2. The van der Waals surface area contributed by atoms with Crippen LogP contribution in [0.5, 0.6) is 11.5 Å². The molecule has 10 nitrogen and oxygen atoms in total.